The molecule has 0 saturated heterocycles. The van der Waals surface area contributed by atoms with Gasteiger partial charge in [0.05, 0.1) is 16.8 Å². The Morgan fingerprint density at radius 2 is 0.934 bits per heavy atom. The second-order valence-corrected chi connectivity index (χ2v) is 16.7. The predicted molar refractivity (Wildman–Crippen MR) is 261 cm³/mol. The summed E-state index contributed by atoms with van der Waals surface area (Å²) in [5.41, 5.74) is 14.5. The third-order valence-corrected chi connectivity index (χ3v) is 13.3. The Labute approximate surface area is 357 Å². The van der Waals surface area contributed by atoms with Gasteiger partial charge in [0.2, 0.25) is 0 Å². The smallest absolute Gasteiger partial charge is 0.137 e. The third kappa shape index (κ3) is 6.09. The van der Waals surface area contributed by atoms with E-state index in [0.29, 0.717) is 0 Å². The molecule has 0 aliphatic heterocycles. The van der Waals surface area contributed by atoms with Crippen molar-refractivity contribution >= 4 is 81.3 Å². The van der Waals surface area contributed by atoms with E-state index in [0.717, 1.165) is 44.6 Å². The minimum Gasteiger partial charge on any atom is -0.456 e. The molecule has 0 aliphatic rings. The molecular weight excluding hydrogens is 759 g/mol. The second kappa shape index (κ2) is 14.5. The summed E-state index contributed by atoms with van der Waals surface area (Å²) in [6.45, 7) is 0. The van der Waals surface area contributed by atoms with Crippen LogP contribution in [-0.2, 0) is 0 Å². The van der Waals surface area contributed by atoms with Gasteiger partial charge in [-0.1, -0.05) is 170 Å². The molecule has 0 amide bonds. The maximum atomic E-state index is 6.71. The van der Waals surface area contributed by atoms with Crippen LogP contribution in [0.5, 0.6) is 0 Å². The van der Waals surface area contributed by atoms with Crippen molar-refractivity contribution < 1.29 is 4.42 Å². The first-order valence-electron chi connectivity index (χ1n) is 20.7. The Bertz CT molecular complexity index is 3570. The Morgan fingerprint density at radius 3 is 1.72 bits per heavy atom. The van der Waals surface area contributed by atoms with Crippen molar-refractivity contribution in [3.8, 4) is 44.5 Å². The molecule has 10 aromatic carbocycles. The van der Waals surface area contributed by atoms with Crippen molar-refractivity contribution in [2.24, 2.45) is 0 Å². The van der Waals surface area contributed by atoms with Crippen LogP contribution < -0.4 is 4.90 Å². The average Bonchev–Trinajstić information content (AvgIpc) is 3.92. The Kier molecular flexibility index (Phi) is 8.39. The molecule has 0 unspecified atom stereocenters. The van der Waals surface area contributed by atoms with E-state index in [4.69, 9.17) is 4.42 Å². The van der Waals surface area contributed by atoms with E-state index in [1.165, 1.54) is 69.9 Å². The van der Waals surface area contributed by atoms with Gasteiger partial charge in [0.15, 0.2) is 0 Å². The molecule has 0 N–H and O–H groups in total. The molecule has 0 atom stereocenters. The van der Waals surface area contributed by atoms with E-state index in [9.17, 15) is 0 Å². The molecule has 0 bridgehead atoms. The molecule has 0 aliphatic carbocycles. The van der Waals surface area contributed by atoms with Gasteiger partial charge in [-0.3, -0.25) is 0 Å². The summed E-state index contributed by atoms with van der Waals surface area (Å²) in [5, 5.41) is 7.18. The SMILES string of the molecule is c1ccc(-c2ccc3c(c2)oc2cccc(N(c4ccc(-c5ccc(-c6ccc7ccccc7c6)cc5)cc4)c4ccc(-c5ccccc5)c5sc6ccccc6c45)c23)cc1. The number of hydrogen-bond donors (Lipinski definition) is 0. The van der Waals surface area contributed by atoms with Crippen LogP contribution in [0.4, 0.5) is 17.1 Å². The van der Waals surface area contributed by atoms with Gasteiger partial charge in [0.25, 0.3) is 0 Å². The highest BCUT2D eigenvalue weighted by molar-refractivity contribution is 7.26. The Morgan fingerprint density at radius 1 is 0.344 bits per heavy atom. The fraction of sp³-hybridized carbons (Fsp3) is 0. The van der Waals surface area contributed by atoms with Gasteiger partial charge >= 0.3 is 0 Å². The number of furan rings is 1. The fourth-order valence-electron chi connectivity index (χ4n) is 9.08. The highest BCUT2D eigenvalue weighted by Crippen LogP contribution is 2.50. The minimum absolute atomic E-state index is 0.859. The molecule has 0 saturated carbocycles. The van der Waals surface area contributed by atoms with Crippen LogP contribution in [0.3, 0.4) is 0 Å². The molecule has 3 heteroatoms. The molecule has 12 rings (SSSR count). The summed E-state index contributed by atoms with van der Waals surface area (Å²) in [6.07, 6.45) is 0. The van der Waals surface area contributed by atoms with E-state index < -0.39 is 0 Å². The maximum absolute atomic E-state index is 6.71. The molecule has 12 aromatic rings. The number of benzene rings is 10. The number of anilines is 3. The molecule has 2 nitrogen and oxygen atoms in total. The van der Waals surface area contributed by atoms with Crippen molar-refractivity contribution in [1.29, 1.82) is 0 Å². The van der Waals surface area contributed by atoms with Crippen LogP contribution in [0.15, 0.2) is 229 Å². The zero-order chi connectivity index (χ0) is 40.3. The molecule has 0 fully saturated rings. The van der Waals surface area contributed by atoms with Crippen LogP contribution in [0.2, 0.25) is 0 Å². The molecule has 61 heavy (non-hydrogen) atoms. The number of rotatable bonds is 7. The van der Waals surface area contributed by atoms with Crippen molar-refractivity contribution in [2.75, 3.05) is 4.90 Å². The van der Waals surface area contributed by atoms with Crippen molar-refractivity contribution in [1.82, 2.24) is 0 Å². The normalized spacial score (nSPS) is 11.6. The standard InChI is InChI=1S/C58H37NOS/c1-3-12-38(13-4-1)46-30-33-49-54(37-46)60-53-20-11-19-51(56(49)53)59(52-35-34-48(43-15-5-2-6-16-43)58-57(52)50-18-9-10-21-55(50)61-58)47-31-28-41(29-32-47)40-22-24-42(25-23-40)45-27-26-39-14-7-8-17-44(39)36-45/h1-37H. The van der Waals surface area contributed by atoms with Gasteiger partial charge in [-0.05, 0) is 110 Å². The third-order valence-electron chi connectivity index (χ3n) is 12.1. The van der Waals surface area contributed by atoms with E-state index in [1.807, 2.05) is 11.3 Å². The maximum Gasteiger partial charge on any atom is 0.137 e. The first-order chi connectivity index (χ1) is 30.2. The first kappa shape index (κ1) is 35.2. The number of nitrogens with zero attached hydrogens (tertiary/aromatic N) is 1. The minimum atomic E-state index is 0.859. The van der Waals surface area contributed by atoms with Gasteiger partial charge in [-0.25, -0.2) is 0 Å². The van der Waals surface area contributed by atoms with Gasteiger partial charge in [0, 0.05) is 31.2 Å². The summed E-state index contributed by atoms with van der Waals surface area (Å²) in [6, 6.07) is 81.1. The average molecular weight is 796 g/mol. The van der Waals surface area contributed by atoms with Gasteiger partial charge in [0.1, 0.15) is 11.2 Å². The van der Waals surface area contributed by atoms with Gasteiger partial charge in [-0.2, -0.15) is 0 Å². The monoisotopic (exact) mass is 795 g/mol. The van der Waals surface area contributed by atoms with E-state index in [-0.39, 0.29) is 0 Å². The zero-order valence-electron chi connectivity index (χ0n) is 33.1. The number of thiophene rings is 1. The molecule has 2 heterocycles. The summed E-state index contributed by atoms with van der Waals surface area (Å²) >= 11 is 1.87. The topological polar surface area (TPSA) is 16.4 Å². The van der Waals surface area contributed by atoms with Gasteiger partial charge < -0.3 is 9.32 Å². The highest BCUT2D eigenvalue weighted by Gasteiger charge is 2.24. The van der Waals surface area contributed by atoms with Crippen LogP contribution >= 0.6 is 11.3 Å². The van der Waals surface area contributed by atoms with Crippen LogP contribution in [0.1, 0.15) is 0 Å². The molecular formula is C58H37NOS. The first-order valence-corrected chi connectivity index (χ1v) is 21.6. The van der Waals surface area contributed by atoms with E-state index in [1.54, 1.807) is 0 Å². The lowest BCUT2D eigenvalue weighted by Crippen LogP contribution is -2.11. The lowest BCUT2D eigenvalue weighted by molar-refractivity contribution is 0.669. The van der Waals surface area contributed by atoms with Gasteiger partial charge in [-0.15, -0.1) is 11.3 Å². The Hall–Kier alpha value is -7.72. The van der Waals surface area contributed by atoms with Crippen LogP contribution in [0, 0.1) is 0 Å². The predicted octanol–water partition coefficient (Wildman–Crippen LogP) is 17.2. The number of hydrogen-bond acceptors (Lipinski definition) is 3. The lowest BCUT2D eigenvalue weighted by atomic mass is 9.97. The zero-order valence-corrected chi connectivity index (χ0v) is 33.9. The van der Waals surface area contributed by atoms with Crippen LogP contribution in [0.25, 0.3) is 97.4 Å². The lowest BCUT2D eigenvalue weighted by Gasteiger charge is -2.28. The van der Waals surface area contributed by atoms with Crippen molar-refractivity contribution in [3.63, 3.8) is 0 Å². The fourth-order valence-corrected chi connectivity index (χ4v) is 10.3. The summed E-state index contributed by atoms with van der Waals surface area (Å²) in [4.78, 5) is 2.45. The molecule has 286 valence electrons. The van der Waals surface area contributed by atoms with E-state index in [2.05, 4.69) is 229 Å². The Balaban J connectivity index is 1.03. The molecule has 0 radical (unpaired) electrons. The van der Waals surface area contributed by atoms with Crippen LogP contribution in [-0.4, -0.2) is 0 Å². The molecule has 0 spiro atoms. The summed E-state index contributed by atoms with van der Waals surface area (Å²) in [5.74, 6) is 0. The quantitative estimate of drug-likeness (QED) is 0.160. The molecule has 2 aromatic heterocycles. The van der Waals surface area contributed by atoms with Crippen molar-refractivity contribution in [3.05, 3.63) is 224 Å². The van der Waals surface area contributed by atoms with Crippen molar-refractivity contribution in [2.45, 2.75) is 0 Å². The summed E-state index contributed by atoms with van der Waals surface area (Å²) < 4.78 is 9.25. The largest absolute Gasteiger partial charge is 0.456 e. The van der Waals surface area contributed by atoms with E-state index >= 15 is 0 Å². The second-order valence-electron chi connectivity index (χ2n) is 15.7. The summed E-state index contributed by atoms with van der Waals surface area (Å²) in [7, 11) is 0. The highest BCUT2D eigenvalue weighted by atomic mass is 32.1. The number of fused-ring (bicyclic) bond motifs is 7.